The molecule has 0 aromatic carbocycles. The van der Waals surface area contributed by atoms with Gasteiger partial charge in [-0.3, -0.25) is 0 Å². The van der Waals surface area contributed by atoms with Gasteiger partial charge in [-0.05, 0) is 32.9 Å². The second-order valence-electron chi connectivity index (χ2n) is 3.39. The highest BCUT2D eigenvalue weighted by atomic mass is 19.1. The van der Waals surface area contributed by atoms with Gasteiger partial charge < -0.3 is 4.90 Å². The van der Waals surface area contributed by atoms with E-state index in [1.807, 2.05) is 0 Å². The van der Waals surface area contributed by atoms with Gasteiger partial charge >= 0.3 is 0 Å². The standard InChI is InChI=1S/C8H16FN/c1-3-10-6-4-5-8(2,9)7-10/h3-7H2,1-2H3/t8-/m1/s1. The molecule has 1 fully saturated rings. The Balaban J connectivity index is 2.40. The van der Waals surface area contributed by atoms with Crippen LogP contribution in [-0.2, 0) is 0 Å². The van der Waals surface area contributed by atoms with Gasteiger partial charge in [0, 0.05) is 6.54 Å². The average Bonchev–Trinajstić information content (AvgIpc) is 1.86. The Morgan fingerprint density at radius 2 is 2.30 bits per heavy atom. The van der Waals surface area contributed by atoms with Crippen molar-refractivity contribution in [2.24, 2.45) is 0 Å². The first-order valence-corrected chi connectivity index (χ1v) is 4.05. The lowest BCUT2D eigenvalue weighted by molar-refractivity contribution is 0.0638. The summed E-state index contributed by atoms with van der Waals surface area (Å²) >= 11 is 0. The lowest BCUT2D eigenvalue weighted by Gasteiger charge is -2.34. The zero-order valence-electron chi connectivity index (χ0n) is 6.86. The molecule has 0 unspecified atom stereocenters. The Morgan fingerprint density at radius 3 is 2.70 bits per heavy atom. The van der Waals surface area contributed by atoms with E-state index >= 15 is 0 Å². The molecular formula is C8H16FN. The first kappa shape index (κ1) is 7.99. The lowest BCUT2D eigenvalue weighted by Crippen LogP contribution is -2.43. The van der Waals surface area contributed by atoms with Crippen molar-refractivity contribution in [3.8, 4) is 0 Å². The first-order valence-electron chi connectivity index (χ1n) is 4.05. The van der Waals surface area contributed by atoms with E-state index in [9.17, 15) is 4.39 Å². The number of rotatable bonds is 1. The minimum atomic E-state index is -0.922. The molecule has 1 rings (SSSR count). The fourth-order valence-corrected chi connectivity index (χ4v) is 1.57. The molecule has 2 heteroatoms. The summed E-state index contributed by atoms with van der Waals surface area (Å²) in [4.78, 5) is 2.17. The molecule has 0 amide bonds. The maximum Gasteiger partial charge on any atom is 0.120 e. The van der Waals surface area contributed by atoms with E-state index in [4.69, 9.17) is 0 Å². The van der Waals surface area contributed by atoms with E-state index in [2.05, 4.69) is 11.8 Å². The number of halogens is 1. The van der Waals surface area contributed by atoms with Crippen LogP contribution in [0.4, 0.5) is 4.39 Å². The smallest absolute Gasteiger partial charge is 0.120 e. The van der Waals surface area contributed by atoms with Gasteiger partial charge in [-0.15, -0.1) is 0 Å². The summed E-state index contributed by atoms with van der Waals surface area (Å²) in [6.45, 7) is 6.48. The molecule has 1 aliphatic heterocycles. The highest BCUT2D eigenvalue weighted by molar-refractivity contribution is 4.82. The van der Waals surface area contributed by atoms with Gasteiger partial charge in [-0.1, -0.05) is 6.92 Å². The Bertz CT molecular complexity index is 112. The molecule has 0 aromatic rings. The van der Waals surface area contributed by atoms with Crippen LogP contribution in [0.2, 0.25) is 0 Å². The number of hydrogen-bond donors (Lipinski definition) is 0. The SMILES string of the molecule is CCN1CCC[C@@](C)(F)C1. The fraction of sp³-hybridized carbons (Fsp3) is 1.00. The molecule has 0 N–H and O–H groups in total. The van der Waals surface area contributed by atoms with Gasteiger partial charge in [0.1, 0.15) is 5.67 Å². The second-order valence-corrected chi connectivity index (χ2v) is 3.39. The number of alkyl halides is 1. The van der Waals surface area contributed by atoms with Crippen LogP contribution in [0.1, 0.15) is 26.7 Å². The van der Waals surface area contributed by atoms with Crippen LogP contribution in [-0.4, -0.2) is 30.2 Å². The van der Waals surface area contributed by atoms with Crippen molar-refractivity contribution >= 4 is 0 Å². The number of likely N-dealkylation sites (tertiary alicyclic amines) is 1. The third kappa shape index (κ3) is 1.94. The number of hydrogen-bond acceptors (Lipinski definition) is 1. The molecule has 1 saturated heterocycles. The average molecular weight is 145 g/mol. The minimum Gasteiger partial charge on any atom is -0.300 e. The van der Waals surface area contributed by atoms with Crippen molar-refractivity contribution in [3.63, 3.8) is 0 Å². The van der Waals surface area contributed by atoms with E-state index in [0.29, 0.717) is 6.54 Å². The highest BCUT2D eigenvalue weighted by Gasteiger charge is 2.29. The third-order valence-corrected chi connectivity index (χ3v) is 2.17. The molecule has 10 heavy (non-hydrogen) atoms. The Hall–Kier alpha value is -0.110. The molecule has 0 spiro atoms. The molecule has 1 nitrogen and oxygen atoms in total. The van der Waals surface area contributed by atoms with Gasteiger partial charge in [0.15, 0.2) is 0 Å². The van der Waals surface area contributed by atoms with Crippen LogP contribution in [0, 0.1) is 0 Å². The van der Waals surface area contributed by atoms with Gasteiger partial charge in [0.05, 0.1) is 0 Å². The van der Waals surface area contributed by atoms with Crippen molar-refractivity contribution in [2.45, 2.75) is 32.4 Å². The second kappa shape index (κ2) is 2.87. The molecule has 0 radical (unpaired) electrons. The summed E-state index contributed by atoms with van der Waals surface area (Å²) in [5, 5.41) is 0. The van der Waals surface area contributed by atoms with E-state index < -0.39 is 5.67 Å². The van der Waals surface area contributed by atoms with E-state index in [1.165, 1.54) is 0 Å². The van der Waals surface area contributed by atoms with Crippen LogP contribution in [0.25, 0.3) is 0 Å². The van der Waals surface area contributed by atoms with Crippen molar-refractivity contribution in [1.29, 1.82) is 0 Å². The maximum atomic E-state index is 13.3. The fourth-order valence-electron chi connectivity index (χ4n) is 1.57. The Morgan fingerprint density at radius 1 is 1.60 bits per heavy atom. The predicted octanol–water partition coefficient (Wildman–Crippen LogP) is 1.83. The minimum absolute atomic E-state index is 0.628. The topological polar surface area (TPSA) is 3.24 Å². The van der Waals surface area contributed by atoms with Gasteiger partial charge in [-0.2, -0.15) is 0 Å². The molecule has 1 aliphatic rings. The molecule has 1 heterocycles. The number of nitrogens with zero attached hydrogens (tertiary/aromatic N) is 1. The molecule has 0 aliphatic carbocycles. The van der Waals surface area contributed by atoms with Crippen molar-refractivity contribution < 1.29 is 4.39 Å². The van der Waals surface area contributed by atoms with Crippen molar-refractivity contribution in [3.05, 3.63) is 0 Å². The normalized spacial score (nSPS) is 36.3. The summed E-state index contributed by atoms with van der Waals surface area (Å²) in [6, 6.07) is 0. The summed E-state index contributed by atoms with van der Waals surface area (Å²) in [7, 11) is 0. The summed E-state index contributed by atoms with van der Waals surface area (Å²) in [5.41, 5.74) is -0.922. The van der Waals surface area contributed by atoms with Gasteiger partial charge in [0.2, 0.25) is 0 Å². The Kier molecular flexibility index (Phi) is 2.29. The maximum absolute atomic E-state index is 13.3. The largest absolute Gasteiger partial charge is 0.300 e. The number of piperidine rings is 1. The van der Waals surface area contributed by atoms with Crippen molar-refractivity contribution in [1.82, 2.24) is 4.90 Å². The van der Waals surface area contributed by atoms with Gasteiger partial charge in [0.25, 0.3) is 0 Å². The molecular weight excluding hydrogens is 129 g/mol. The summed E-state index contributed by atoms with van der Waals surface area (Å²) in [6.07, 6.45) is 1.75. The van der Waals surface area contributed by atoms with Crippen LogP contribution in [0.3, 0.4) is 0 Å². The van der Waals surface area contributed by atoms with E-state index in [0.717, 1.165) is 25.9 Å². The van der Waals surface area contributed by atoms with Gasteiger partial charge in [-0.25, -0.2) is 4.39 Å². The van der Waals surface area contributed by atoms with E-state index in [-0.39, 0.29) is 0 Å². The van der Waals surface area contributed by atoms with Crippen LogP contribution in [0.5, 0.6) is 0 Å². The lowest BCUT2D eigenvalue weighted by atomic mass is 9.97. The van der Waals surface area contributed by atoms with E-state index in [1.54, 1.807) is 6.92 Å². The molecule has 60 valence electrons. The Labute approximate surface area is 62.2 Å². The monoisotopic (exact) mass is 145 g/mol. The quantitative estimate of drug-likeness (QED) is 0.544. The summed E-state index contributed by atoms with van der Waals surface area (Å²) in [5.74, 6) is 0. The predicted molar refractivity (Wildman–Crippen MR) is 40.9 cm³/mol. The zero-order chi connectivity index (χ0) is 7.61. The summed E-state index contributed by atoms with van der Waals surface area (Å²) < 4.78 is 13.3. The van der Waals surface area contributed by atoms with Crippen LogP contribution < -0.4 is 0 Å². The molecule has 0 aromatic heterocycles. The highest BCUT2D eigenvalue weighted by Crippen LogP contribution is 2.23. The molecule has 1 atom stereocenters. The molecule has 0 saturated carbocycles. The first-order chi connectivity index (χ1) is 4.64. The van der Waals surface area contributed by atoms with Crippen molar-refractivity contribution in [2.75, 3.05) is 19.6 Å². The molecule has 0 bridgehead atoms. The van der Waals surface area contributed by atoms with Crippen LogP contribution in [0.15, 0.2) is 0 Å². The third-order valence-electron chi connectivity index (χ3n) is 2.17. The zero-order valence-corrected chi connectivity index (χ0v) is 6.86. The van der Waals surface area contributed by atoms with Crippen LogP contribution >= 0.6 is 0 Å².